The number of carboxylic acid groups (broad SMARTS) is 1. The van der Waals surface area contributed by atoms with Gasteiger partial charge in [-0.15, -0.1) is 11.3 Å². The number of imidazole rings is 1. The molecule has 20 heavy (non-hydrogen) atoms. The summed E-state index contributed by atoms with van der Waals surface area (Å²) in [5.41, 5.74) is 5.05. The van der Waals surface area contributed by atoms with E-state index in [4.69, 9.17) is 0 Å². The van der Waals surface area contributed by atoms with E-state index in [0.717, 1.165) is 21.8 Å². The minimum Gasteiger partial charge on any atom is -0.477 e. The van der Waals surface area contributed by atoms with Gasteiger partial charge in [-0.05, 0) is 26.3 Å². The van der Waals surface area contributed by atoms with Crippen molar-refractivity contribution in [3.8, 4) is 11.3 Å². The zero-order valence-electron chi connectivity index (χ0n) is 11.5. The van der Waals surface area contributed by atoms with Gasteiger partial charge in [0.25, 0.3) is 0 Å². The molecular weight excluding hydrogens is 272 g/mol. The highest BCUT2D eigenvalue weighted by atomic mass is 32.1. The lowest BCUT2D eigenvalue weighted by atomic mass is 10.0. The van der Waals surface area contributed by atoms with Crippen LogP contribution in [0.3, 0.4) is 0 Å². The smallest absolute Gasteiger partial charge is 0.354 e. The number of aryl methyl sites for hydroxylation is 3. The van der Waals surface area contributed by atoms with Crippen molar-refractivity contribution in [2.75, 3.05) is 0 Å². The van der Waals surface area contributed by atoms with E-state index in [-0.39, 0.29) is 5.69 Å². The SMILES string of the molecule is Cc1ccc(-c2csc3nc(C)c(C(=O)O)n23)c(C)c1. The summed E-state index contributed by atoms with van der Waals surface area (Å²) in [5, 5.41) is 11.4. The first-order valence-electron chi connectivity index (χ1n) is 6.26. The molecule has 0 amide bonds. The maximum absolute atomic E-state index is 11.5. The fraction of sp³-hybridized carbons (Fsp3) is 0.200. The van der Waals surface area contributed by atoms with E-state index >= 15 is 0 Å². The van der Waals surface area contributed by atoms with Crippen LogP contribution in [0.2, 0.25) is 0 Å². The Kier molecular flexibility index (Phi) is 2.87. The Bertz CT molecular complexity index is 830. The fourth-order valence-electron chi connectivity index (χ4n) is 2.50. The molecule has 0 atom stereocenters. The number of carboxylic acids is 1. The van der Waals surface area contributed by atoms with Crippen LogP contribution in [0, 0.1) is 20.8 Å². The lowest BCUT2D eigenvalue weighted by molar-refractivity contribution is 0.0688. The molecule has 0 aliphatic carbocycles. The summed E-state index contributed by atoms with van der Waals surface area (Å²) in [5.74, 6) is -0.945. The standard InChI is InChI=1S/C15H14N2O2S/c1-8-4-5-11(9(2)6-8)12-7-20-15-16-10(3)13(14(18)19)17(12)15/h4-7H,1-3H3,(H,18,19). The molecule has 4 nitrogen and oxygen atoms in total. The molecule has 0 aliphatic heterocycles. The van der Waals surface area contributed by atoms with Gasteiger partial charge < -0.3 is 5.11 Å². The van der Waals surface area contributed by atoms with Crippen LogP contribution in [0.1, 0.15) is 27.3 Å². The third-order valence-electron chi connectivity index (χ3n) is 3.40. The maximum atomic E-state index is 11.5. The quantitative estimate of drug-likeness (QED) is 0.781. The van der Waals surface area contributed by atoms with E-state index in [9.17, 15) is 9.90 Å². The molecule has 0 aliphatic rings. The van der Waals surface area contributed by atoms with Crippen LogP contribution in [0.5, 0.6) is 0 Å². The molecule has 3 aromatic rings. The van der Waals surface area contributed by atoms with Crippen LogP contribution < -0.4 is 0 Å². The molecule has 0 saturated carbocycles. The van der Waals surface area contributed by atoms with Crippen LogP contribution in [-0.4, -0.2) is 20.5 Å². The van der Waals surface area contributed by atoms with Crippen molar-refractivity contribution in [1.29, 1.82) is 0 Å². The Morgan fingerprint density at radius 2 is 2.05 bits per heavy atom. The van der Waals surface area contributed by atoms with Crippen LogP contribution >= 0.6 is 11.3 Å². The first-order valence-corrected chi connectivity index (χ1v) is 7.14. The summed E-state index contributed by atoms with van der Waals surface area (Å²) in [6.45, 7) is 5.81. The number of thiazole rings is 1. The normalized spacial score (nSPS) is 11.2. The average molecular weight is 286 g/mol. The highest BCUT2D eigenvalue weighted by molar-refractivity contribution is 7.15. The van der Waals surface area contributed by atoms with E-state index in [1.54, 1.807) is 11.3 Å². The summed E-state index contributed by atoms with van der Waals surface area (Å²) in [6.07, 6.45) is 0. The topological polar surface area (TPSA) is 54.6 Å². The van der Waals surface area contributed by atoms with Crippen LogP contribution in [0.4, 0.5) is 0 Å². The lowest BCUT2D eigenvalue weighted by Crippen LogP contribution is -2.04. The van der Waals surface area contributed by atoms with Crippen molar-refractivity contribution in [1.82, 2.24) is 9.38 Å². The Labute approximate surface area is 120 Å². The van der Waals surface area contributed by atoms with Crippen molar-refractivity contribution in [3.05, 3.63) is 46.1 Å². The zero-order valence-corrected chi connectivity index (χ0v) is 12.3. The third kappa shape index (κ3) is 1.82. The highest BCUT2D eigenvalue weighted by Crippen LogP contribution is 2.31. The first-order chi connectivity index (χ1) is 9.49. The minimum atomic E-state index is -0.945. The molecule has 0 saturated heterocycles. The second-order valence-corrected chi connectivity index (χ2v) is 5.74. The molecule has 0 radical (unpaired) electrons. The van der Waals surface area contributed by atoms with Gasteiger partial charge in [0.15, 0.2) is 10.7 Å². The predicted octanol–water partition coefficient (Wildman–Crippen LogP) is 3.69. The van der Waals surface area contributed by atoms with Gasteiger partial charge in [-0.25, -0.2) is 9.78 Å². The number of aromatic carboxylic acids is 1. The van der Waals surface area contributed by atoms with E-state index in [2.05, 4.69) is 11.1 Å². The molecule has 2 heterocycles. The predicted molar refractivity (Wildman–Crippen MR) is 79.7 cm³/mol. The van der Waals surface area contributed by atoms with Crippen molar-refractivity contribution < 1.29 is 9.90 Å². The number of rotatable bonds is 2. The summed E-state index contributed by atoms with van der Waals surface area (Å²) in [7, 11) is 0. The van der Waals surface area contributed by atoms with E-state index < -0.39 is 5.97 Å². The van der Waals surface area contributed by atoms with Crippen molar-refractivity contribution in [2.24, 2.45) is 0 Å². The molecule has 0 unspecified atom stereocenters. The Morgan fingerprint density at radius 3 is 2.70 bits per heavy atom. The number of carbonyl (C=O) groups is 1. The number of aromatic nitrogens is 2. The van der Waals surface area contributed by atoms with E-state index in [0.29, 0.717) is 5.69 Å². The average Bonchev–Trinajstić information content (AvgIpc) is 2.87. The minimum absolute atomic E-state index is 0.247. The van der Waals surface area contributed by atoms with E-state index in [1.807, 2.05) is 31.4 Å². The highest BCUT2D eigenvalue weighted by Gasteiger charge is 2.20. The van der Waals surface area contributed by atoms with Crippen LogP contribution in [-0.2, 0) is 0 Å². The van der Waals surface area contributed by atoms with E-state index in [1.165, 1.54) is 16.9 Å². The number of benzene rings is 1. The first kappa shape index (κ1) is 12.9. The number of fused-ring (bicyclic) bond motifs is 1. The van der Waals surface area contributed by atoms with Gasteiger partial charge in [-0.1, -0.05) is 23.8 Å². The number of nitrogens with zero attached hydrogens (tertiary/aromatic N) is 2. The molecule has 0 bridgehead atoms. The van der Waals surface area contributed by atoms with Crippen molar-refractivity contribution in [3.63, 3.8) is 0 Å². The van der Waals surface area contributed by atoms with Gasteiger partial charge in [-0.2, -0.15) is 0 Å². The fourth-order valence-corrected chi connectivity index (χ4v) is 3.44. The molecule has 0 spiro atoms. The molecule has 2 aromatic heterocycles. The Balaban J connectivity index is 2.34. The molecular formula is C15H14N2O2S. The second kappa shape index (κ2) is 4.45. The third-order valence-corrected chi connectivity index (χ3v) is 4.22. The van der Waals surface area contributed by atoms with Gasteiger partial charge >= 0.3 is 5.97 Å². The van der Waals surface area contributed by atoms with Gasteiger partial charge in [0.2, 0.25) is 0 Å². The van der Waals surface area contributed by atoms with Gasteiger partial charge in [-0.3, -0.25) is 4.40 Å². The van der Waals surface area contributed by atoms with Crippen LogP contribution in [0.15, 0.2) is 23.6 Å². The number of hydrogen-bond acceptors (Lipinski definition) is 3. The summed E-state index contributed by atoms with van der Waals surface area (Å²) in [4.78, 5) is 16.5. The van der Waals surface area contributed by atoms with Gasteiger partial charge in [0.1, 0.15) is 0 Å². The molecule has 0 fully saturated rings. The molecule has 3 rings (SSSR count). The van der Waals surface area contributed by atoms with Crippen molar-refractivity contribution >= 4 is 22.3 Å². The molecule has 5 heteroatoms. The summed E-state index contributed by atoms with van der Waals surface area (Å²) >= 11 is 1.46. The largest absolute Gasteiger partial charge is 0.477 e. The van der Waals surface area contributed by atoms with Gasteiger partial charge in [0.05, 0.1) is 11.4 Å². The molecule has 102 valence electrons. The Hall–Kier alpha value is -2.14. The summed E-state index contributed by atoms with van der Waals surface area (Å²) < 4.78 is 1.74. The Morgan fingerprint density at radius 1 is 1.30 bits per heavy atom. The number of hydrogen-bond donors (Lipinski definition) is 1. The summed E-state index contributed by atoms with van der Waals surface area (Å²) in [6, 6.07) is 6.17. The zero-order chi connectivity index (χ0) is 14.4. The van der Waals surface area contributed by atoms with Crippen LogP contribution in [0.25, 0.3) is 16.2 Å². The maximum Gasteiger partial charge on any atom is 0.354 e. The second-order valence-electron chi connectivity index (χ2n) is 4.91. The molecule has 1 aromatic carbocycles. The van der Waals surface area contributed by atoms with Crippen molar-refractivity contribution in [2.45, 2.75) is 20.8 Å². The lowest BCUT2D eigenvalue weighted by Gasteiger charge is -2.07. The molecule has 1 N–H and O–H groups in total. The monoisotopic (exact) mass is 286 g/mol. The van der Waals surface area contributed by atoms with Gasteiger partial charge in [0, 0.05) is 10.9 Å².